The van der Waals surface area contributed by atoms with Gasteiger partial charge in [-0.05, 0) is 41.1 Å². The first-order valence-electron chi connectivity index (χ1n) is 6.45. The molecule has 0 amide bonds. The van der Waals surface area contributed by atoms with Gasteiger partial charge in [0.1, 0.15) is 11.5 Å². The van der Waals surface area contributed by atoms with Gasteiger partial charge in [0.15, 0.2) is 0 Å². The predicted octanol–water partition coefficient (Wildman–Crippen LogP) is 3.04. The average molecular weight is 304 g/mol. The second-order valence-corrected chi connectivity index (χ2v) is 5.07. The Labute approximate surface area is 126 Å². The summed E-state index contributed by atoms with van der Waals surface area (Å²) in [6.07, 6.45) is 0. The Morgan fingerprint density at radius 2 is 2.14 bits per heavy atom. The Kier molecular flexibility index (Phi) is 3.62. The minimum absolute atomic E-state index is 0.508. The molecule has 6 nitrogen and oxygen atoms in total. The molecule has 0 saturated carbocycles. The highest BCUT2D eigenvalue weighted by molar-refractivity contribution is 6.31. The molecular weight excluding hydrogens is 290 g/mol. The Balaban J connectivity index is 1.77. The molecule has 0 radical (unpaired) electrons. The summed E-state index contributed by atoms with van der Waals surface area (Å²) in [5.41, 5.74) is 2.00. The van der Waals surface area contributed by atoms with Crippen LogP contribution in [0.2, 0.25) is 5.02 Å². The Morgan fingerprint density at radius 3 is 2.90 bits per heavy atom. The van der Waals surface area contributed by atoms with Crippen molar-refractivity contribution in [3.05, 3.63) is 46.7 Å². The van der Waals surface area contributed by atoms with Gasteiger partial charge in [0.25, 0.3) is 0 Å². The molecule has 0 spiro atoms. The molecule has 0 atom stereocenters. The molecule has 2 heterocycles. The van der Waals surface area contributed by atoms with Crippen molar-refractivity contribution >= 4 is 17.5 Å². The molecule has 21 heavy (non-hydrogen) atoms. The summed E-state index contributed by atoms with van der Waals surface area (Å²) in [5, 5.41) is 15.0. The van der Waals surface area contributed by atoms with Crippen LogP contribution in [0.25, 0.3) is 11.3 Å². The maximum atomic E-state index is 6.14. The van der Waals surface area contributed by atoms with E-state index in [1.54, 1.807) is 11.7 Å². The number of benzene rings is 1. The van der Waals surface area contributed by atoms with Crippen LogP contribution >= 0.6 is 11.6 Å². The highest BCUT2D eigenvalue weighted by Crippen LogP contribution is 2.29. The molecule has 7 heteroatoms. The number of furan rings is 1. The fraction of sp³-hybridized carbons (Fsp3) is 0.214. The van der Waals surface area contributed by atoms with E-state index in [-0.39, 0.29) is 0 Å². The second kappa shape index (κ2) is 5.57. The quantitative estimate of drug-likeness (QED) is 0.802. The van der Waals surface area contributed by atoms with Crippen molar-refractivity contribution in [2.75, 3.05) is 5.32 Å². The Hall–Kier alpha value is -2.34. The van der Waals surface area contributed by atoms with Gasteiger partial charge in [-0.2, -0.15) is 0 Å². The van der Waals surface area contributed by atoms with Gasteiger partial charge in [-0.15, -0.1) is 0 Å². The van der Waals surface area contributed by atoms with Gasteiger partial charge in [0.2, 0.25) is 5.95 Å². The van der Waals surface area contributed by atoms with Crippen LogP contribution in [-0.4, -0.2) is 20.2 Å². The van der Waals surface area contributed by atoms with Crippen molar-refractivity contribution in [2.45, 2.75) is 13.5 Å². The van der Waals surface area contributed by atoms with E-state index in [0.29, 0.717) is 12.5 Å². The van der Waals surface area contributed by atoms with E-state index in [4.69, 9.17) is 16.0 Å². The summed E-state index contributed by atoms with van der Waals surface area (Å²) < 4.78 is 7.41. The second-order valence-electron chi connectivity index (χ2n) is 4.66. The van der Waals surface area contributed by atoms with Crippen LogP contribution in [0, 0.1) is 6.92 Å². The maximum absolute atomic E-state index is 6.14. The molecule has 2 aromatic heterocycles. The highest BCUT2D eigenvalue weighted by atomic mass is 35.5. The van der Waals surface area contributed by atoms with Crippen LogP contribution < -0.4 is 5.32 Å². The van der Waals surface area contributed by atoms with Crippen molar-refractivity contribution in [1.29, 1.82) is 0 Å². The topological polar surface area (TPSA) is 68.8 Å². The van der Waals surface area contributed by atoms with E-state index >= 15 is 0 Å². The van der Waals surface area contributed by atoms with Crippen molar-refractivity contribution in [2.24, 2.45) is 7.05 Å². The van der Waals surface area contributed by atoms with Gasteiger partial charge in [-0.1, -0.05) is 28.8 Å². The fourth-order valence-electron chi connectivity index (χ4n) is 2.04. The zero-order valence-electron chi connectivity index (χ0n) is 11.7. The molecule has 0 bridgehead atoms. The van der Waals surface area contributed by atoms with Gasteiger partial charge < -0.3 is 9.73 Å². The SMILES string of the molecule is Cc1c(Cl)cccc1-c1ccc(CNc2nnnn2C)o1. The van der Waals surface area contributed by atoms with Crippen LogP contribution in [0.5, 0.6) is 0 Å². The number of halogens is 1. The van der Waals surface area contributed by atoms with Crippen LogP contribution in [0.15, 0.2) is 34.7 Å². The highest BCUT2D eigenvalue weighted by Gasteiger charge is 2.10. The van der Waals surface area contributed by atoms with Crippen LogP contribution in [-0.2, 0) is 13.6 Å². The number of tetrazole rings is 1. The van der Waals surface area contributed by atoms with E-state index in [1.165, 1.54) is 0 Å². The average Bonchev–Trinajstić information content (AvgIpc) is 3.09. The summed E-state index contributed by atoms with van der Waals surface area (Å²) in [6, 6.07) is 9.63. The summed E-state index contributed by atoms with van der Waals surface area (Å²) in [4.78, 5) is 0. The maximum Gasteiger partial charge on any atom is 0.243 e. The molecule has 3 rings (SSSR count). The van der Waals surface area contributed by atoms with E-state index in [1.807, 2.05) is 37.3 Å². The van der Waals surface area contributed by atoms with E-state index in [0.717, 1.165) is 27.7 Å². The summed E-state index contributed by atoms with van der Waals surface area (Å²) >= 11 is 6.14. The molecule has 0 aliphatic carbocycles. The summed E-state index contributed by atoms with van der Waals surface area (Å²) in [7, 11) is 1.77. The normalized spacial score (nSPS) is 10.8. The third-order valence-corrected chi connectivity index (χ3v) is 3.65. The number of hydrogen-bond acceptors (Lipinski definition) is 5. The molecule has 1 aromatic carbocycles. The monoisotopic (exact) mass is 303 g/mol. The van der Waals surface area contributed by atoms with Crippen molar-refractivity contribution in [1.82, 2.24) is 20.2 Å². The van der Waals surface area contributed by atoms with E-state index in [9.17, 15) is 0 Å². The van der Waals surface area contributed by atoms with Crippen molar-refractivity contribution in [3.63, 3.8) is 0 Å². The zero-order chi connectivity index (χ0) is 14.8. The standard InChI is InChI=1S/C14H14ClN5O/c1-9-11(4-3-5-12(9)15)13-7-6-10(21-13)8-16-14-17-18-19-20(14)2/h3-7H,8H2,1-2H3,(H,16,17,19). The lowest BCUT2D eigenvalue weighted by atomic mass is 10.1. The first-order valence-corrected chi connectivity index (χ1v) is 6.83. The smallest absolute Gasteiger partial charge is 0.243 e. The van der Waals surface area contributed by atoms with E-state index < -0.39 is 0 Å². The minimum Gasteiger partial charge on any atom is -0.459 e. The van der Waals surface area contributed by atoms with Crippen molar-refractivity contribution in [3.8, 4) is 11.3 Å². The molecule has 0 saturated heterocycles. The molecule has 108 valence electrons. The predicted molar refractivity (Wildman–Crippen MR) is 80.0 cm³/mol. The van der Waals surface area contributed by atoms with Crippen molar-refractivity contribution < 1.29 is 4.42 Å². The van der Waals surface area contributed by atoms with Gasteiger partial charge in [0.05, 0.1) is 6.54 Å². The first kappa shape index (κ1) is 13.6. The Morgan fingerprint density at radius 1 is 1.29 bits per heavy atom. The van der Waals surface area contributed by atoms with E-state index in [2.05, 4.69) is 20.8 Å². The zero-order valence-corrected chi connectivity index (χ0v) is 12.4. The van der Waals surface area contributed by atoms with Gasteiger partial charge in [-0.25, -0.2) is 4.68 Å². The largest absolute Gasteiger partial charge is 0.459 e. The number of nitrogens with zero attached hydrogens (tertiary/aromatic N) is 4. The molecule has 0 fully saturated rings. The molecule has 0 aliphatic rings. The minimum atomic E-state index is 0.508. The fourth-order valence-corrected chi connectivity index (χ4v) is 2.21. The lowest BCUT2D eigenvalue weighted by molar-refractivity contribution is 0.530. The van der Waals surface area contributed by atoms with Crippen LogP contribution in [0.3, 0.4) is 0 Å². The first-order chi connectivity index (χ1) is 10.1. The molecule has 3 aromatic rings. The Bertz CT molecular complexity index is 764. The number of nitrogens with one attached hydrogen (secondary N) is 1. The van der Waals surface area contributed by atoms with Gasteiger partial charge in [0, 0.05) is 17.6 Å². The number of aryl methyl sites for hydroxylation is 1. The number of rotatable bonds is 4. The number of aromatic nitrogens is 4. The third kappa shape index (κ3) is 2.75. The summed E-state index contributed by atoms with van der Waals surface area (Å²) in [6.45, 7) is 2.48. The number of anilines is 1. The van der Waals surface area contributed by atoms with Crippen LogP contribution in [0.4, 0.5) is 5.95 Å². The summed E-state index contributed by atoms with van der Waals surface area (Å²) in [5.74, 6) is 2.18. The van der Waals surface area contributed by atoms with Gasteiger partial charge >= 0.3 is 0 Å². The lowest BCUT2D eigenvalue weighted by Gasteiger charge is -2.04. The third-order valence-electron chi connectivity index (χ3n) is 3.24. The number of hydrogen-bond donors (Lipinski definition) is 1. The molecule has 1 N–H and O–H groups in total. The molecule has 0 unspecified atom stereocenters. The molecular formula is C14H14ClN5O. The van der Waals surface area contributed by atoms with Gasteiger partial charge in [-0.3, -0.25) is 0 Å². The molecule has 0 aliphatic heterocycles. The lowest BCUT2D eigenvalue weighted by Crippen LogP contribution is -2.04. The van der Waals surface area contributed by atoms with Crippen LogP contribution in [0.1, 0.15) is 11.3 Å².